The number of aryl methyl sites for hydroxylation is 1. The molecule has 1 aliphatic rings. The van der Waals surface area contributed by atoms with Crippen molar-refractivity contribution >= 4 is 28.3 Å². The number of nitrogens with one attached hydrogen (secondary N) is 2. The van der Waals surface area contributed by atoms with Gasteiger partial charge >= 0.3 is 0 Å². The van der Waals surface area contributed by atoms with E-state index in [0.29, 0.717) is 11.7 Å². The number of amides is 1. The number of imidazole rings is 1. The number of pyridine rings is 2. The van der Waals surface area contributed by atoms with Gasteiger partial charge in [-0.1, -0.05) is 12.8 Å². The molecule has 2 atom stereocenters. The van der Waals surface area contributed by atoms with E-state index in [9.17, 15) is 4.79 Å². The minimum Gasteiger partial charge on any atom is -0.373 e. The normalized spacial score (nSPS) is 17.7. The number of anilines is 2. The molecule has 3 heterocycles. The molecule has 0 aromatic carbocycles. The van der Waals surface area contributed by atoms with Crippen LogP contribution < -0.4 is 10.6 Å². The molecule has 0 bridgehead atoms. The average Bonchev–Trinajstić information content (AvgIpc) is 3.35. The van der Waals surface area contributed by atoms with Crippen LogP contribution in [-0.4, -0.2) is 32.5 Å². The Morgan fingerprint density at radius 1 is 1.18 bits per heavy atom. The van der Waals surface area contributed by atoms with Gasteiger partial charge in [0.25, 0.3) is 0 Å². The molecule has 1 fully saturated rings. The summed E-state index contributed by atoms with van der Waals surface area (Å²) < 4.78 is 1.94. The van der Waals surface area contributed by atoms with Gasteiger partial charge in [0.2, 0.25) is 5.91 Å². The van der Waals surface area contributed by atoms with Gasteiger partial charge in [-0.25, -0.2) is 15.0 Å². The van der Waals surface area contributed by atoms with Gasteiger partial charge in [0.15, 0.2) is 0 Å². The lowest BCUT2D eigenvalue weighted by atomic mass is 10.1. The molecule has 3 aromatic rings. The van der Waals surface area contributed by atoms with Crippen molar-refractivity contribution in [2.24, 2.45) is 18.9 Å². The van der Waals surface area contributed by atoms with E-state index in [4.69, 9.17) is 0 Å². The van der Waals surface area contributed by atoms with Gasteiger partial charge in [-0.3, -0.25) is 4.79 Å². The Labute approximate surface area is 163 Å². The molecule has 0 aliphatic heterocycles. The van der Waals surface area contributed by atoms with Crippen LogP contribution in [0.3, 0.4) is 0 Å². The summed E-state index contributed by atoms with van der Waals surface area (Å²) in [4.78, 5) is 25.4. The van der Waals surface area contributed by atoms with E-state index in [0.717, 1.165) is 40.1 Å². The summed E-state index contributed by atoms with van der Waals surface area (Å²) in [5.74, 6) is 9.07. The lowest BCUT2D eigenvalue weighted by Crippen LogP contribution is -2.15. The summed E-state index contributed by atoms with van der Waals surface area (Å²) in [6.07, 6.45) is 6.15. The highest BCUT2D eigenvalue weighted by Crippen LogP contribution is 2.38. The first-order valence-electron chi connectivity index (χ1n) is 9.25. The van der Waals surface area contributed by atoms with Gasteiger partial charge < -0.3 is 15.2 Å². The smallest absolute Gasteiger partial charge is 0.228 e. The third-order valence-corrected chi connectivity index (χ3v) is 5.25. The van der Waals surface area contributed by atoms with E-state index in [2.05, 4.69) is 44.4 Å². The second-order valence-electron chi connectivity index (χ2n) is 7.19. The van der Waals surface area contributed by atoms with E-state index in [1.54, 1.807) is 18.6 Å². The van der Waals surface area contributed by atoms with Crippen LogP contribution in [0.1, 0.15) is 30.4 Å². The molecular weight excluding hydrogens is 352 g/mol. The largest absolute Gasteiger partial charge is 0.373 e. The number of rotatable bonds is 3. The molecule has 0 spiro atoms. The van der Waals surface area contributed by atoms with Crippen LogP contribution >= 0.6 is 0 Å². The Hall–Kier alpha value is -3.40. The van der Waals surface area contributed by atoms with Crippen molar-refractivity contribution in [3.63, 3.8) is 0 Å². The van der Waals surface area contributed by atoms with E-state index >= 15 is 0 Å². The lowest BCUT2D eigenvalue weighted by molar-refractivity contribution is -0.117. The first-order chi connectivity index (χ1) is 13.5. The zero-order valence-electron chi connectivity index (χ0n) is 16.4. The Morgan fingerprint density at radius 2 is 1.96 bits per heavy atom. The number of hydrogen-bond acceptors (Lipinski definition) is 5. The molecule has 0 saturated heterocycles. The summed E-state index contributed by atoms with van der Waals surface area (Å²) in [5.41, 5.74) is 1.60. The van der Waals surface area contributed by atoms with Gasteiger partial charge in [-0.15, -0.1) is 0 Å². The number of aromatic nitrogens is 4. The van der Waals surface area contributed by atoms with Crippen molar-refractivity contribution < 1.29 is 4.79 Å². The summed E-state index contributed by atoms with van der Waals surface area (Å²) in [6, 6.07) is 1.86. The van der Waals surface area contributed by atoms with Gasteiger partial charge in [-0.05, 0) is 31.2 Å². The Balaban J connectivity index is 1.74. The first-order valence-corrected chi connectivity index (χ1v) is 9.25. The van der Waals surface area contributed by atoms with Crippen LogP contribution in [0.2, 0.25) is 0 Å². The molecule has 28 heavy (non-hydrogen) atoms. The van der Waals surface area contributed by atoms with E-state index in [1.807, 2.05) is 31.7 Å². The molecule has 142 valence electrons. The number of fused-ring (bicyclic) bond motifs is 1. The highest BCUT2D eigenvalue weighted by molar-refractivity contribution is 5.99. The van der Waals surface area contributed by atoms with Crippen LogP contribution in [0.5, 0.6) is 0 Å². The van der Waals surface area contributed by atoms with Crippen molar-refractivity contribution in [1.29, 1.82) is 0 Å². The summed E-state index contributed by atoms with van der Waals surface area (Å²) >= 11 is 0. The molecule has 7 nitrogen and oxygen atoms in total. The highest BCUT2D eigenvalue weighted by Gasteiger charge is 2.39. The van der Waals surface area contributed by atoms with Crippen molar-refractivity contribution in [2.75, 3.05) is 17.7 Å². The van der Waals surface area contributed by atoms with Gasteiger partial charge in [-0.2, -0.15) is 0 Å². The monoisotopic (exact) mass is 374 g/mol. The van der Waals surface area contributed by atoms with Crippen molar-refractivity contribution in [3.05, 3.63) is 41.7 Å². The molecule has 3 aromatic heterocycles. The SMILES string of the molecule is CNc1ncc(C#Cc2cnc(C)n2C)c2cc(NC(=O)[C@H]3C[C@H]3C)ncc12. The standard InChI is InChI=1S/C21H22N6O/c1-12-7-16(12)21(28)26-19-8-17-14(5-6-15-10-23-13(2)27(15)4)9-25-20(22-3)18(17)11-24-19/h8-12,16H,7H2,1-4H3,(H,22,25)(H,24,26,28)/t12-,16+/m1/s1. The first kappa shape index (κ1) is 18.0. The molecule has 1 amide bonds. The van der Waals surface area contributed by atoms with Gasteiger partial charge in [0.1, 0.15) is 23.2 Å². The van der Waals surface area contributed by atoms with Crippen molar-refractivity contribution in [2.45, 2.75) is 20.3 Å². The fourth-order valence-corrected chi connectivity index (χ4v) is 3.16. The minimum atomic E-state index is 0.0280. The summed E-state index contributed by atoms with van der Waals surface area (Å²) in [7, 11) is 3.75. The van der Waals surface area contributed by atoms with Crippen LogP contribution in [0.25, 0.3) is 10.8 Å². The second-order valence-corrected chi connectivity index (χ2v) is 7.19. The third kappa shape index (κ3) is 3.29. The maximum atomic E-state index is 12.3. The van der Waals surface area contributed by atoms with Gasteiger partial charge in [0.05, 0.1) is 11.8 Å². The summed E-state index contributed by atoms with van der Waals surface area (Å²) in [6.45, 7) is 4.02. The van der Waals surface area contributed by atoms with Crippen LogP contribution in [0, 0.1) is 30.6 Å². The van der Waals surface area contributed by atoms with Gasteiger partial charge in [0, 0.05) is 43.2 Å². The fraction of sp³-hybridized carbons (Fsp3) is 0.333. The highest BCUT2D eigenvalue weighted by atomic mass is 16.2. The predicted molar refractivity (Wildman–Crippen MR) is 109 cm³/mol. The molecule has 7 heteroatoms. The van der Waals surface area contributed by atoms with Crippen LogP contribution in [0.4, 0.5) is 11.6 Å². The fourth-order valence-electron chi connectivity index (χ4n) is 3.16. The van der Waals surface area contributed by atoms with Crippen molar-refractivity contribution in [1.82, 2.24) is 19.5 Å². The third-order valence-electron chi connectivity index (χ3n) is 5.25. The lowest BCUT2D eigenvalue weighted by Gasteiger charge is -2.09. The zero-order chi connectivity index (χ0) is 19.8. The molecule has 0 radical (unpaired) electrons. The molecule has 1 aliphatic carbocycles. The maximum Gasteiger partial charge on any atom is 0.228 e. The Bertz CT molecular complexity index is 1140. The predicted octanol–water partition coefficient (Wildman–Crippen LogP) is 2.71. The number of carbonyl (C=O) groups is 1. The number of nitrogens with zero attached hydrogens (tertiary/aromatic N) is 4. The zero-order valence-corrected chi connectivity index (χ0v) is 16.4. The molecule has 4 rings (SSSR count). The van der Waals surface area contributed by atoms with E-state index < -0.39 is 0 Å². The van der Waals surface area contributed by atoms with E-state index in [1.165, 1.54) is 0 Å². The van der Waals surface area contributed by atoms with Crippen LogP contribution in [-0.2, 0) is 11.8 Å². The quantitative estimate of drug-likeness (QED) is 0.689. The number of carbonyl (C=O) groups excluding carboxylic acids is 1. The summed E-state index contributed by atoms with van der Waals surface area (Å²) in [5, 5.41) is 7.74. The minimum absolute atomic E-state index is 0.0280. The second kappa shape index (κ2) is 6.97. The molecule has 0 unspecified atom stereocenters. The number of hydrogen-bond donors (Lipinski definition) is 2. The Morgan fingerprint density at radius 3 is 2.61 bits per heavy atom. The molecular formula is C21H22N6O. The molecule has 1 saturated carbocycles. The van der Waals surface area contributed by atoms with Crippen LogP contribution in [0.15, 0.2) is 24.7 Å². The molecule has 2 N–H and O–H groups in total. The van der Waals surface area contributed by atoms with Crippen molar-refractivity contribution in [3.8, 4) is 11.8 Å². The average molecular weight is 374 g/mol. The Kier molecular flexibility index (Phi) is 4.47. The maximum absolute atomic E-state index is 12.3. The topological polar surface area (TPSA) is 84.7 Å². The van der Waals surface area contributed by atoms with E-state index in [-0.39, 0.29) is 11.8 Å².